The highest BCUT2D eigenvalue weighted by Crippen LogP contribution is 2.25. The molecule has 19 heavy (non-hydrogen) atoms. The summed E-state index contributed by atoms with van der Waals surface area (Å²) in [5.41, 5.74) is 0. The number of sulfone groups is 1. The third-order valence-electron chi connectivity index (χ3n) is 4.38. The number of nitrogens with zero attached hydrogens (tertiary/aromatic N) is 3. The van der Waals surface area contributed by atoms with Gasteiger partial charge in [-0.05, 0) is 25.2 Å². The standard InChI is InChI=1S/C13H21N3O2S/c1-10-5-6-12-14-15-13(16(12)9-10)8-11-4-2-3-7-19(11,17)18/h10-11H,2-9H2,1H3. The Balaban J connectivity index is 1.82. The fourth-order valence-corrected chi connectivity index (χ4v) is 5.02. The van der Waals surface area contributed by atoms with E-state index in [1.807, 2.05) is 0 Å². The van der Waals surface area contributed by atoms with E-state index in [0.29, 0.717) is 18.1 Å². The van der Waals surface area contributed by atoms with Crippen LogP contribution in [0.1, 0.15) is 44.3 Å². The zero-order valence-corrected chi connectivity index (χ0v) is 12.2. The summed E-state index contributed by atoms with van der Waals surface area (Å²) < 4.78 is 26.3. The van der Waals surface area contributed by atoms with Crippen molar-refractivity contribution in [2.45, 2.75) is 57.2 Å². The number of fused-ring (bicyclic) bond motifs is 1. The summed E-state index contributed by atoms with van der Waals surface area (Å²) in [5, 5.41) is 8.22. The highest BCUT2D eigenvalue weighted by Gasteiger charge is 2.31. The van der Waals surface area contributed by atoms with Gasteiger partial charge in [0.15, 0.2) is 9.84 Å². The fourth-order valence-electron chi connectivity index (χ4n) is 3.15. The summed E-state index contributed by atoms with van der Waals surface area (Å²) >= 11 is 0. The average molecular weight is 283 g/mol. The maximum Gasteiger partial charge on any atom is 0.153 e. The second-order valence-electron chi connectivity index (χ2n) is 5.98. The van der Waals surface area contributed by atoms with Gasteiger partial charge in [-0.25, -0.2) is 8.42 Å². The van der Waals surface area contributed by atoms with Crippen molar-refractivity contribution in [1.82, 2.24) is 14.8 Å². The number of aryl methyl sites for hydroxylation is 1. The van der Waals surface area contributed by atoms with Crippen molar-refractivity contribution in [2.75, 3.05) is 5.75 Å². The van der Waals surface area contributed by atoms with Crippen molar-refractivity contribution in [1.29, 1.82) is 0 Å². The molecule has 0 aliphatic carbocycles. The molecule has 2 atom stereocenters. The van der Waals surface area contributed by atoms with Crippen LogP contribution in [0.3, 0.4) is 0 Å². The van der Waals surface area contributed by atoms with Crippen LogP contribution in [-0.4, -0.2) is 34.2 Å². The van der Waals surface area contributed by atoms with Crippen LogP contribution in [0, 0.1) is 5.92 Å². The molecule has 1 aromatic rings. The lowest BCUT2D eigenvalue weighted by molar-refractivity contribution is 0.384. The molecule has 2 unspecified atom stereocenters. The van der Waals surface area contributed by atoms with Crippen molar-refractivity contribution >= 4 is 9.84 Å². The Bertz CT molecular complexity index is 564. The third-order valence-corrected chi connectivity index (χ3v) is 6.66. The summed E-state index contributed by atoms with van der Waals surface area (Å²) in [6.07, 6.45) is 5.27. The highest BCUT2D eigenvalue weighted by atomic mass is 32.2. The second-order valence-corrected chi connectivity index (χ2v) is 8.38. The van der Waals surface area contributed by atoms with Gasteiger partial charge in [-0.15, -0.1) is 10.2 Å². The Morgan fingerprint density at radius 2 is 2.11 bits per heavy atom. The van der Waals surface area contributed by atoms with Crippen LogP contribution in [0.15, 0.2) is 0 Å². The molecule has 1 saturated heterocycles. The fraction of sp³-hybridized carbons (Fsp3) is 0.846. The first-order valence-electron chi connectivity index (χ1n) is 7.19. The molecule has 2 aliphatic rings. The maximum absolute atomic E-state index is 12.1. The molecule has 0 aromatic carbocycles. The van der Waals surface area contributed by atoms with Crippen LogP contribution in [0.4, 0.5) is 0 Å². The van der Waals surface area contributed by atoms with Crippen molar-refractivity contribution in [3.05, 3.63) is 11.6 Å². The van der Waals surface area contributed by atoms with Gasteiger partial charge in [0.1, 0.15) is 11.6 Å². The molecule has 1 fully saturated rings. The van der Waals surface area contributed by atoms with Crippen molar-refractivity contribution in [2.24, 2.45) is 5.92 Å². The molecule has 0 saturated carbocycles. The van der Waals surface area contributed by atoms with Gasteiger partial charge in [0.05, 0.1) is 11.0 Å². The minimum absolute atomic E-state index is 0.244. The number of hydrogen-bond acceptors (Lipinski definition) is 4. The lowest BCUT2D eigenvalue weighted by atomic mass is 10.0. The molecule has 0 spiro atoms. The quantitative estimate of drug-likeness (QED) is 0.822. The zero-order valence-electron chi connectivity index (χ0n) is 11.4. The molecule has 0 amide bonds. The molecule has 106 valence electrons. The molecule has 6 heteroatoms. The molecular weight excluding hydrogens is 262 g/mol. The van der Waals surface area contributed by atoms with Gasteiger partial charge in [-0.3, -0.25) is 0 Å². The Labute approximate surface area is 114 Å². The smallest absolute Gasteiger partial charge is 0.153 e. The molecule has 0 radical (unpaired) electrons. The minimum Gasteiger partial charge on any atom is -0.315 e. The summed E-state index contributed by atoms with van der Waals surface area (Å²) in [5.74, 6) is 2.87. The Morgan fingerprint density at radius 1 is 1.26 bits per heavy atom. The lowest BCUT2D eigenvalue weighted by Crippen LogP contribution is -2.32. The largest absolute Gasteiger partial charge is 0.315 e. The predicted molar refractivity (Wildman–Crippen MR) is 72.6 cm³/mol. The molecule has 1 aromatic heterocycles. The SMILES string of the molecule is CC1CCc2nnc(CC3CCCCS3(=O)=O)n2C1. The van der Waals surface area contributed by atoms with E-state index in [0.717, 1.165) is 50.3 Å². The summed E-state index contributed by atoms with van der Waals surface area (Å²) in [4.78, 5) is 0. The van der Waals surface area contributed by atoms with Crippen molar-refractivity contribution < 1.29 is 8.42 Å². The van der Waals surface area contributed by atoms with E-state index >= 15 is 0 Å². The molecule has 2 aliphatic heterocycles. The first kappa shape index (κ1) is 13.1. The van der Waals surface area contributed by atoms with Gasteiger partial charge in [0, 0.05) is 19.4 Å². The van der Waals surface area contributed by atoms with E-state index in [-0.39, 0.29) is 5.25 Å². The van der Waals surface area contributed by atoms with Crippen LogP contribution < -0.4 is 0 Å². The summed E-state index contributed by atoms with van der Waals surface area (Å²) in [6, 6.07) is 0. The molecule has 5 nitrogen and oxygen atoms in total. The molecule has 3 heterocycles. The molecule has 0 bridgehead atoms. The van der Waals surface area contributed by atoms with Gasteiger partial charge < -0.3 is 4.57 Å². The number of hydrogen-bond donors (Lipinski definition) is 0. The highest BCUT2D eigenvalue weighted by molar-refractivity contribution is 7.92. The maximum atomic E-state index is 12.1. The zero-order chi connectivity index (χ0) is 13.5. The van der Waals surface area contributed by atoms with E-state index in [1.165, 1.54) is 0 Å². The van der Waals surface area contributed by atoms with E-state index in [4.69, 9.17) is 0 Å². The Morgan fingerprint density at radius 3 is 2.89 bits per heavy atom. The first-order valence-corrected chi connectivity index (χ1v) is 8.90. The lowest BCUT2D eigenvalue weighted by Gasteiger charge is -2.24. The third kappa shape index (κ3) is 2.55. The monoisotopic (exact) mass is 283 g/mol. The van der Waals surface area contributed by atoms with E-state index in [1.54, 1.807) is 0 Å². The van der Waals surface area contributed by atoms with E-state index in [9.17, 15) is 8.42 Å². The van der Waals surface area contributed by atoms with E-state index in [2.05, 4.69) is 21.7 Å². The predicted octanol–water partition coefficient (Wildman–Crippen LogP) is 1.37. The van der Waals surface area contributed by atoms with Crippen LogP contribution in [-0.2, 0) is 29.2 Å². The van der Waals surface area contributed by atoms with Gasteiger partial charge >= 0.3 is 0 Å². The van der Waals surface area contributed by atoms with Crippen LogP contribution >= 0.6 is 0 Å². The summed E-state index contributed by atoms with van der Waals surface area (Å²) in [6.45, 7) is 3.16. The second kappa shape index (κ2) is 4.89. The minimum atomic E-state index is -2.92. The molecule has 3 rings (SSSR count). The Hall–Kier alpha value is -0.910. The number of aromatic nitrogens is 3. The first-order chi connectivity index (χ1) is 9.06. The van der Waals surface area contributed by atoms with Gasteiger partial charge in [-0.1, -0.05) is 13.3 Å². The summed E-state index contributed by atoms with van der Waals surface area (Å²) in [7, 11) is -2.92. The number of rotatable bonds is 2. The van der Waals surface area contributed by atoms with Crippen molar-refractivity contribution in [3.8, 4) is 0 Å². The molecular formula is C13H21N3O2S. The molecule has 0 N–H and O–H groups in total. The van der Waals surface area contributed by atoms with Gasteiger partial charge in [0.2, 0.25) is 0 Å². The van der Waals surface area contributed by atoms with Gasteiger partial charge in [-0.2, -0.15) is 0 Å². The van der Waals surface area contributed by atoms with Crippen LogP contribution in [0.5, 0.6) is 0 Å². The van der Waals surface area contributed by atoms with E-state index < -0.39 is 9.84 Å². The normalized spacial score (nSPS) is 29.9. The topological polar surface area (TPSA) is 64.8 Å². The van der Waals surface area contributed by atoms with Crippen LogP contribution in [0.25, 0.3) is 0 Å². The average Bonchev–Trinajstić information content (AvgIpc) is 2.74. The van der Waals surface area contributed by atoms with Gasteiger partial charge in [0.25, 0.3) is 0 Å². The van der Waals surface area contributed by atoms with Crippen molar-refractivity contribution in [3.63, 3.8) is 0 Å². The van der Waals surface area contributed by atoms with Crippen LogP contribution in [0.2, 0.25) is 0 Å². The Kier molecular flexibility index (Phi) is 3.37.